The SMILES string of the molecule is CC1(C)CC2CN(C(=O)OC(C)(C)C)CC(C1)C2O. The smallest absolute Gasteiger partial charge is 0.410 e. The van der Waals surface area contributed by atoms with Gasteiger partial charge in [-0.15, -0.1) is 0 Å². The maximum Gasteiger partial charge on any atom is 0.410 e. The zero-order valence-electron chi connectivity index (χ0n) is 12.8. The average molecular weight is 269 g/mol. The van der Waals surface area contributed by atoms with E-state index < -0.39 is 5.60 Å². The summed E-state index contributed by atoms with van der Waals surface area (Å²) < 4.78 is 5.44. The maximum atomic E-state index is 12.1. The second kappa shape index (κ2) is 4.65. The highest BCUT2D eigenvalue weighted by Gasteiger charge is 2.46. The Morgan fingerprint density at radius 1 is 1.21 bits per heavy atom. The largest absolute Gasteiger partial charge is 0.444 e. The molecule has 4 heteroatoms. The number of piperidine rings is 1. The zero-order valence-corrected chi connectivity index (χ0v) is 12.8. The Bertz CT molecular complexity index is 341. The molecular weight excluding hydrogens is 242 g/mol. The third-order valence-electron chi connectivity index (χ3n) is 4.16. The van der Waals surface area contributed by atoms with Gasteiger partial charge in [-0.25, -0.2) is 4.79 Å². The van der Waals surface area contributed by atoms with Crippen LogP contribution >= 0.6 is 0 Å². The number of rotatable bonds is 0. The van der Waals surface area contributed by atoms with Gasteiger partial charge in [0.15, 0.2) is 0 Å². The fraction of sp³-hybridized carbons (Fsp3) is 0.933. The molecule has 4 nitrogen and oxygen atoms in total. The van der Waals surface area contributed by atoms with E-state index in [1.54, 1.807) is 4.90 Å². The van der Waals surface area contributed by atoms with Crippen molar-refractivity contribution in [3.63, 3.8) is 0 Å². The summed E-state index contributed by atoms with van der Waals surface area (Å²) in [5, 5.41) is 10.3. The van der Waals surface area contributed by atoms with Crippen LogP contribution in [0.15, 0.2) is 0 Å². The van der Waals surface area contributed by atoms with Crippen LogP contribution < -0.4 is 0 Å². The lowest BCUT2D eigenvalue weighted by molar-refractivity contribution is -0.0861. The minimum absolute atomic E-state index is 0.190. The number of nitrogens with zero attached hydrogens (tertiary/aromatic N) is 1. The van der Waals surface area contributed by atoms with E-state index >= 15 is 0 Å². The highest BCUT2D eigenvalue weighted by molar-refractivity contribution is 5.68. The van der Waals surface area contributed by atoms with Gasteiger partial charge in [0.1, 0.15) is 5.60 Å². The molecule has 0 aromatic heterocycles. The topological polar surface area (TPSA) is 49.8 Å². The van der Waals surface area contributed by atoms with Crippen LogP contribution in [0, 0.1) is 17.3 Å². The Morgan fingerprint density at radius 3 is 2.11 bits per heavy atom. The molecule has 2 bridgehead atoms. The third-order valence-corrected chi connectivity index (χ3v) is 4.16. The van der Waals surface area contributed by atoms with Gasteiger partial charge in [-0.3, -0.25) is 0 Å². The lowest BCUT2D eigenvalue weighted by Crippen LogP contribution is -2.56. The highest BCUT2D eigenvalue weighted by atomic mass is 16.6. The van der Waals surface area contributed by atoms with Crippen LogP contribution in [0.2, 0.25) is 0 Å². The summed E-state index contributed by atoms with van der Waals surface area (Å²) in [6, 6.07) is 0. The van der Waals surface area contributed by atoms with Gasteiger partial charge in [0.25, 0.3) is 0 Å². The van der Waals surface area contributed by atoms with Gasteiger partial charge in [0.2, 0.25) is 0 Å². The van der Waals surface area contributed by atoms with Crippen molar-refractivity contribution in [3.8, 4) is 0 Å². The van der Waals surface area contributed by atoms with E-state index in [-0.39, 0.29) is 29.4 Å². The van der Waals surface area contributed by atoms with Crippen LogP contribution in [0.1, 0.15) is 47.5 Å². The van der Waals surface area contributed by atoms with E-state index in [1.165, 1.54) is 0 Å². The van der Waals surface area contributed by atoms with Crippen molar-refractivity contribution in [3.05, 3.63) is 0 Å². The lowest BCUT2D eigenvalue weighted by Gasteiger charge is -2.50. The van der Waals surface area contributed by atoms with Crippen LogP contribution in [-0.4, -0.2) is 40.9 Å². The molecule has 2 fully saturated rings. The number of aliphatic hydroxyl groups is 1. The Labute approximate surface area is 116 Å². The Kier molecular flexibility index (Phi) is 3.58. The Hall–Kier alpha value is -0.770. The number of hydrogen-bond acceptors (Lipinski definition) is 3. The Morgan fingerprint density at radius 2 is 1.68 bits per heavy atom. The van der Waals surface area contributed by atoms with E-state index in [9.17, 15) is 9.90 Å². The number of aliphatic hydroxyl groups excluding tert-OH is 1. The summed E-state index contributed by atoms with van der Waals surface area (Å²) in [4.78, 5) is 13.9. The monoisotopic (exact) mass is 269 g/mol. The molecule has 19 heavy (non-hydrogen) atoms. The van der Waals surface area contributed by atoms with Gasteiger partial charge >= 0.3 is 6.09 Å². The fourth-order valence-electron chi connectivity index (χ4n) is 3.59. The van der Waals surface area contributed by atoms with E-state index in [1.807, 2.05) is 20.8 Å². The van der Waals surface area contributed by atoms with E-state index in [0.717, 1.165) is 12.8 Å². The predicted octanol–water partition coefficient (Wildman–Crippen LogP) is 2.65. The van der Waals surface area contributed by atoms with Crippen LogP contribution in [0.5, 0.6) is 0 Å². The number of carbonyl (C=O) groups excluding carboxylic acids is 1. The molecule has 110 valence electrons. The summed E-state index contributed by atoms with van der Waals surface area (Å²) >= 11 is 0. The molecule has 0 radical (unpaired) electrons. The summed E-state index contributed by atoms with van der Waals surface area (Å²) in [7, 11) is 0. The number of hydrogen-bond donors (Lipinski definition) is 1. The van der Waals surface area contributed by atoms with Crippen molar-refractivity contribution in [1.29, 1.82) is 0 Å². The van der Waals surface area contributed by atoms with Gasteiger partial charge in [-0.2, -0.15) is 0 Å². The number of fused-ring (bicyclic) bond motifs is 2. The van der Waals surface area contributed by atoms with Crippen molar-refractivity contribution >= 4 is 6.09 Å². The second-order valence-electron chi connectivity index (χ2n) is 7.97. The summed E-state index contributed by atoms with van der Waals surface area (Å²) in [5.41, 5.74) is -0.184. The first-order chi connectivity index (χ1) is 8.57. The summed E-state index contributed by atoms with van der Waals surface area (Å²) in [5.74, 6) is 0.380. The van der Waals surface area contributed by atoms with Crippen LogP contribution in [-0.2, 0) is 4.74 Å². The fourth-order valence-corrected chi connectivity index (χ4v) is 3.59. The summed E-state index contributed by atoms with van der Waals surface area (Å²) in [6.07, 6.45) is 1.45. The summed E-state index contributed by atoms with van der Waals surface area (Å²) in [6.45, 7) is 11.4. The number of amides is 1. The lowest BCUT2D eigenvalue weighted by atomic mass is 9.64. The molecule has 0 aromatic carbocycles. The number of ether oxygens (including phenoxy) is 1. The zero-order chi connectivity index (χ0) is 14.4. The molecule has 1 aliphatic heterocycles. The van der Waals surface area contributed by atoms with Crippen molar-refractivity contribution in [2.75, 3.05) is 13.1 Å². The van der Waals surface area contributed by atoms with Crippen molar-refractivity contribution in [2.45, 2.75) is 59.2 Å². The van der Waals surface area contributed by atoms with Gasteiger partial charge in [-0.05, 0) is 39.0 Å². The van der Waals surface area contributed by atoms with Crippen LogP contribution in [0.25, 0.3) is 0 Å². The predicted molar refractivity (Wildman–Crippen MR) is 73.8 cm³/mol. The average Bonchev–Trinajstić information content (AvgIpc) is 2.17. The van der Waals surface area contributed by atoms with Gasteiger partial charge < -0.3 is 14.7 Å². The van der Waals surface area contributed by atoms with Gasteiger partial charge in [-0.1, -0.05) is 13.8 Å². The molecule has 2 atom stereocenters. The quantitative estimate of drug-likeness (QED) is 0.735. The van der Waals surface area contributed by atoms with Crippen LogP contribution in [0.4, 0.5) is 4.79 Å². The van der Waals surface area contributed by atoms with E-state index in [2.05, 4.69) is 13.8 Å². The molecule has 2 unspecified atom stereocenters. The standard InChI is InChI=1S/C15H27NO3/c1-14(2,3)19-13(18)16-8-10-6-15(4,5)7-11(9-16)12(10)17/h10-12,17H,6-9H2,1-5H3. The molecule has 1 amide bonds. The normalized spacial score (nSPS) is 34.0. The van der Waals surface area contributed by atoms with E-state index in [4.69, 9.17) is 4.74 Å². The molecule has 1 aliphatic carbocycles. The maximum absolute atomic E-state index is 12.1. The minimum Gasteiger partial charge on any atom is -0.444 e. The van der Waals surface area contributed by atoms with Crippen molar-refractivity contribution < 1.29 is 14.6 Å². The molecular formula is C15H27NO3. The first-order valence-corrected chi connectivity index (χ1v) is 7.23. The molecule has 2 rings (SSSR count). The molecule has 2 aliphatic rings. The third kappa shape index (κ3) is 3.41. The first kappa shape index (κ1) is 14.6. The van der Waals surface area contributed by atoms with Gasteiger partial charge in [0.05, 0.1) is 6.10 Å². The Balaban J connectivity index is 2.04. The molecule has 0 aromatic rings. The van der Waals surface area contributed by atoms with Crippen LogP contribution in [0.3, 0.4) is 0 Å². The molecule has 1 saturated carbocycles. The minimum atomic E-state index is -0.457. The van der Waals surface area contributed by atoms with Gasteiger partial charge in [0, 0.05) is 24.9 Å². The first-order valence-electron chi connectivity index (χ1n) is 7.23. The van der Waals surface area contributed by atoms with Crippen molar-refractivity contribution in [2.24, 2.45) is 17.3 Å². The van der Waals surface area contributed by atoms with Crippen molar-refractivity contribution in [1.82, 2.24) is 4.90 Å². The molecule has 1 saturated heterocycles. The molecule has 1 heterocycles. The highest BCUT2D eigenvalue weighted by Crippen LogP contribution is 2.45. The molecule has 0 spiro atoms. The van der Waals surface area contributed by atoms with E-state index in [0.29, 0.717) is 13.1 Å². The number of likely N-dealkylation sites (tertiary alicyclic amines) is 1. The number of carbonyl (C=O) groups is 1. The second-order valence-corrected chi connectivity index (χ2v) is 7.97. The molecule has 1 N–H and O–H groups in total.